The van der Waals surface area contributed by atoms with Crippen LogP contribution in [0.3, 0.4) is 0 Å². The van der Waals surface area contributed by atoms with Crippen LogP contribution >= 0.6 is 0 Å². The van der Waals surface area contributed by atoms with Gasteiger partial charge in [0.05, 0.1) is 17.4 Å². The van der Waals surface area contributed by atoms with E-state index in [1.165, 1.54) is 0 Å². The van der Waals surface area contributed by atoms with Crippen LogP contribution in [0, 0.1) is 13.8 Å². The summed E-state index contributed by atoms with van der Waals surface area (Å²) in [5.74, 6) is 0. The van der Waals surface area contributed by atoms with Crippen LogP contribution in [0.1, 0.15) is 48.5 Å². The van der Waals surface area contributed by atoms with Crippen molar-refractivity contribution in [3.8, 4) is 0 Å². The molecule has 0 radical (unpaired) electrons. The highest BCUT2D eigenvalue weighted by molar-refractivity contribution is 5.76. The number of benzene rings is 1. The van der Waals surface area contributed by atoms with Gasteiger partial charge in [0.2, 0.25) is 0 Å². The number of fused-ring (bicyclic) bond motifs is 3. The predicted octanol–water partition coefficient (Wildman–Crippen LogP) is 4.65. The zero-order valence-corrected chi connectivity index (χ0v) is 18.8. The minimum absolute atomic E-state index is 0.276. The van der Waals surface area contributed by atoms with E-state index in [0.29, 0.717) is 13.1 Å². The molecule has 7 nitrogen and oxygen atoms in total. The Hall–Kier alpha value is -3.06. The molecular formula is C24H30N4O3. The Morgan fingerprint density at radius 2 is 1.87 bits per heavy atom. The molecule has 0 saturated carbocycles. The number of pyridine rings is 1. The van der Waals surface area contributed by atoms with Gasteiger partial charge in [-0.25, -0.2) is 9.78 Å². The summed E-state index contributed by atoms with van der Waals surface area (Å²) < 4.78 is 14.1. The lowest BCUT2D eigenvalue weighted by Crippen LogP contribution is -2.43. The molecule has 1 aromatic carbocycles. The monoisotopic (exact) mass is 422 g/mol. The Morgan fingerprint density at radius 3 is 2.52 bits per heavy atom. The molecule has 0 saturated heterocycles. The van der Waals surface area contributed by atoms with Gasteiger partial charge in [-0.2, -0.15) is 0 Å². The topological polar surface area (TPSA) is 68.1 Å². The number of methoxy groups -OCH3 is 1. The number of carbonyl (C=O) groups excluding carboxylic acids is 1. The first-order valence-corrected chi connectivity index (χ1v) is 10.8. The zero-order chi connectivity index (χ0) is 22.1. The number of amides is 1. The molecule has 31 heavy (non-hydrogen) atoms. The van der Waals surface area contributed by atoms with E-state index < -0.39 is 12.2 Å². The van der Waals surface area contributed by atoms with Crippen LogP contribution in [0.4, 0.5) is 10.5 Å². The van der Waals surface area contributed by atoms with Gasteiger partial charge in [0.15, 0.2) is 11.8 Å². The molecule has 1 aliphatic heterocycles. The molecule has 0 bridgehead atoms. The third-order valence-corrected chi connectivity index (χ3v) is 6.21. The third kappa shape index (κ3) is 3.63. The Balaban J connectivity index is 1.84. The van der Waals surface area contributed by atoms with Crippen molar-refractivity contribution in [1.29, 1.82) is 0 Å². The van der Waals surface area contributed by atoms with Crippen LogP contribution in [0.5, 0.6) is 0 Å². The van der Waals surface area contributed by atoms with Gasteiger partial charge in [-0.1, -0.05) is 30.3 Å². The summed E-state index contributed by atoms with van der Waals surface area (Å²) in [5.41, 5.74) is 5.80. The fourth-order valence-electron chi connectivity index (χ4n) is 4.32. The Morgan fingerprint density at radius 1 is 1.16 bits per heavy atom. The van der Waals surface area contributed by atoms with E-state index >= 15 is 0 Å². The minimum Gasteiger partial charge on any atom is -0.440 e. The fourth-order valence-corrected chi connectivity index (χ4v) is 4.32. The Labute approximate surface area is 183 Å². The third-order valence-electron chi connectivity index (χ3n) is 6.21. The predicted molar refractivity (Wildman–Crippen MR) is 120 cm³/mol. The highest BCUT2D eigenvalue weighted by Crippen LogP contribution is 2.44. The van der Waals surface area contributed by atoms with Crippen molar-refractivity contribution in [2.24, 2.45) is 0 Å². The average molecular weight is 423 g/mol. The summed E-state index contributed by atoms with van der Waals surface area (Å²) in [6.45, 7) is 9.14. The second kappa shape index (κ2) is 8.59. The number of imidazole rings is 1. The van der Waals surface area contributed by atoms with Crippen LogP contribution in [-0.4, -0.2) is 46.7 Å². The van der Waals surface area contributed by atoms with Crippen molar-refractivity contribution < 1.29 is 14.3 Å². The normalized spacial score (nSPS) is 20.2. The summed E-state index contributed by atoms with van der Waals surface area (Å²) in [4.78, 5) is 19.4. The molecule has 7 heteroatoms. The molecule has 0 fully saturated rings. The molecule has 1 amide bonds. The standard InChI is InChI=1S/C24H30N4O3/c1-6-27(7-2)24(29)31-22-19(17-11-9-8-10-12-17)26-20-18(21(22)30-5)13-14-28-16(4)15(3)25-23(20)28/h8-14,19,21-22,26H,6-7H2,1-5H3. The molecule has 1 aliphatic rings. The van der Waals surface area contributed by atoms with Gasteiger partial charge in [-0.3, -0.25) is 0 Å². The van der Waals surface area contributed by atoms with Gasteiger partial charge >= 0.3 is 6.09 Å². The largest absolute Gasteiger partial charge is 0.440 e. The first-order valence-electron chi connectivity index (χ1n) is 10.8. The number of carbonyl (C=O) groups is 1. The van der Waals surface area contributed by atoms with E-state index in [-0.39, 0.29) is 12.1 Å². The van der Waals surface area contributed by atoms with Crippen LogP contribution < -0.4 is 5.32 Å². The number of nitrogens with zero attached hydrogens (tertiary/aromatic N) is 3. The Kier molecular flexibility index (Phi) is 5.87. The molecule has 2 aromatic heterocycles. The molecule has 3 atom stereocenters. The first kappa shape index (κ1) is 21.2. The number of nitrogens with one attached hydrogen (secondary N) is 1. The smallest absolute Gasteiger partial charge is 0.410 e. The van der Waals surface area contributed by atoms with E-state index in [1.54, 1.807) is 12.0 Å². The van der Waals surface area contributed by atoms with Crippen molar-refractivity contribution in [2.45, 2.75) is 45.9 Å². The highest BCUT2D eigenvalue weighted by atomic mass is 16.6. The number of rotatable bonds is 5. The average Bonchev–Trinajstić information content (AvgIpc) is 3.08. The highest BCUT2D eigenvalue weighted by Gasteiger charge is 2.42. The fraction of sp³-hybridized carbons (Fsp3) is 0.417. The second-order valence-corrected chi connectivity index (χ2v) is 7.83. The van der Waals surface area contributed by atoms with Gasteiger partial charge in [-0.05, 0) is 39.3 Å². The van der Waals surface area contributed by atoms with E-state index in [0.717, 1.165) is 33.8 Å². The van der Waals surface area contributed by atoms with E-state index in [1.807, 2.05) is 63.4 Å². The number of ether oxygens (including phenoxy) is 2. The molecule has 164 valence electrons. The summed E-state index contributed by atoms with van der Waals surface area (Å²) in [7, 11) is 1.66. The van der Waals surface area contributed by atoms with Gasteiger partial charge in [0.25, 0.3) is 0 Å². The maximum absolute atomic E-state index is 12.9. The van der Waals surface area contributed by atoms with Gasteiger partial charge < -0.3 is 24.1 Å². The molecule has 3 unspecified atom stereocenters. The summed E-state index contributed by atoms with van der Waals surface area (Å²) in [6, 6.07) is 11.8. The minimum atomic E-state index is -0.535. The zero-order valence-electron chi connectivity index (χ0n) is 18.8. The summed E-state index contributed by atoms with van der Waals surface area (Å²) in [6.07, 6.45) is 0.705. The van der Waals surface area contributed by atoms with Gasteiger partial charge in [0.1, 0.15) is 6.10 Å². The molecule has 0 aliphatic carbocycles. The number of aromatic nitrogens is 2. The summed E-state index contributed by atoms with van der Waals surface area (Å²) >= 11 is 0. The van der Waals surface area contributed by atoms with Crippen molar-refractivity contribution in [2.75, 3.05) is 25.5 Å². The van der Waals surface area contributed by atoms with Gasteiger partial charge in [0, 0.05) is 37.7 Å². The van der Waals surface area contributed by atoms with E-state index in [2.05, 4.69) is 16.6 Å². The van der Waals surface area contributed by atoms with Crippen molar-refractivity contribution in [3.63, 3.8) is 0 Å². The number of hydrogen-bond acceptors (Lipinski definition) is 5. The van der Waals surface area contributed by atoms with Crippen molar-refractivity contribution in [3.05, 3.63) is 65.1 Å². The molecule has 1 N–H and O–H groups in total. The van der Waals surface area contributed by atoms with Crippen LogP contribution in [0.25, 0.3) is 5.65 Å². The maximum atomic E-state index is 12.9. The van der Waals surface area contributed by atoms with Crippen molar-refractivity contribution >= 4 is 17.4 Å². The Bertz CT molecular complexity index is 1080. The molecule has 0 spiro atoms. The quantitative estimate of drug-likeness (QED) is 0.648. The lowest BCUT2D eigenvalue weighted by Gasteiger charge is -2.40. The van der Waals surface area contributed by atoms with Gasteiger partial charge in [-0.15, -0.1) is 0 Å². The lowest BCUT2D eigenvalue weighted by molar-refractivity contribution is -0.0455. The molecule has 4 rings (SSSR count). The maximum Gasteiger partial charge on any atom is 0.410 e. The SMILES string of the molecule is CCN(CC)C(=O)OC1C(c2ccccc2)Nc2c(ccn3c(C)c(C)nc23)C1OC. The number of hydrogen-bond donors (Lipinski definition) is 1. The summed E-state index contributed by atoms with van der Waals surface area (Å²) in [5, 5.41) is 3.63. The lowest BCUT2D eigenvalue weighted by atomic mass is 9.88. The molecule has 3 aromatic rings. The van der Waals surface area contributed by atoms with Crippen LogP contribution in [-0.2, 0) is 9.47 Å². The second-order valence-electron chi connectivity index (χ2n) is 7.83. The molecule has 3 heterocycles. The number of anilines is 1. The van der Waals surface area contributed by atoms with Crippen LogP contribution in [0.2, 0.25) is 0 Å². The number of aryl methyl sites for hydroxylation is 2. The first-order chi connectivity index (χ1) is 15.0. The molecular weight excluding hydrogens is 392 g/mol. The van der Waals surface area contributed by atoms with E-state index in [9.17, 15) is 4.79 Å². The van der Waals surface area contributed by atoms with E-state index in [4.69, 9.17) is 14.5 Å². The van der Waals surface area contributed by atoms with Crippen LogP contribution in [0.15, 0.2) is 42.6 Å². The van der Waals surface area contributed by atoms with Crippen molar-refractivity contribution in [1.82, 2.24) is 14.3 Å².